The van der Waals surface area contributed by atoms with Gasteiger partial charge in [-0.3, -0.25) is 14.9 Å². The summed E-state index contributed by atoms with van der Waals surface area (Å²) in [5.74, 6) is -0.0269. The number of nitrogens with two attached hydrogens (primary N) is 1. The van der Waals surface area contributed by atoms with Crippen LogP contribution >= 0.6 is 0 Å². The minimum absolute atomic E-state index is 0.0114. The van der Waals surface area contributed by atoms with E-state index in [1.807, 2.05) is 19.9 Å². The first-order chi connectivity index (χ1) is 16.2. The SMILES string of the molecule is CC(C)CC(=O)N(C)c1ccc2c(c1)nc(NC(=O)Nc1ccc(C#N)cc1)n2CCC(N)=O. The number of imidazole rings is 1. The van der Waals surface area contributed by atoms with Crippen LogP contribution in [0, 0.1) is 17.2 Å². The molecule has 10 nitrogen and oxygen atoms in total. The van der Waals surface area contributed by atoms with E-state index in [4.69, 9.17) is 11.0 Å². The maximum atomic E-state index is 12.6. The average molecular weight is 462 g/mol. The van der Waals surface area contributed by atoms with E-state index in [-0.39, 0.29) is 30.7 Å². The van der Waals surface area contributed by atoms with Gasteiger partial charge < -0.3 is 20.5 Å². The zero-order valence-electron chi connectivity index (χ0n) is 19.3. The Hall–Kier alpha value is -4.39. The summed E-state index contributed by atoms with van der Waals surface area (Å²) in [6, 6.07) is 13.2. The van der Waals surface area contributed by atoms with Gasteiger partial charge in [0.1, 0.15) is 0 Å². The Morgan fingerprint density at radius 2 is 1.85 bits per heavy atom. The molecular formula is C24H27N7O3. The zero-order chi connectivity index (χ0) is 24.8. The lowest BCUT2D eigenvalue weighted by Gasteiger charge is -2.18. The van der Waals surface area contributed by atoms with Crippen LogP contribution in [0.2, 0.25) is 0 Å². The van der Waals surface area contributed by atoms with Crippen molar-refractivity contribution in [2.45, 2.75) is 33.2 Å². The highest BCUT2D eigenvalue weighted by Crippen LogP contribution is 2.26. The molecule has 0 aliphatic rings. The number of benzene rings is 2. The van der Waals surface area contributed by atoms with Crippen molar-refractivity contribution >= 4 is 46.2 Å². The Morgan fingerprint density at radius 3 is 2.47 bits per heavy atom. The molecule has 0 atom stereocenters. The highest BCUT2D eigenvalue weighted by atomic mass is 16.2. The molecule has 0 saturated carbocycles. The Bertz CT molecular complexity index is 1260. The number of carbonyl (C=O) groups is 3. The summed E-state index contributed by atoms with van der Waals surface area (Å²) in [5, 5.41) is 14.3. The highest BCUT2D eigenvalue weighted by molar-refractivity contribution is 6.00. The summed E-state index contributed by atoms with van der Waals surface area (Å²) in [6.45, 7) is 4.19. The highest BCUT2D eigenvalue weighted by Gasteiger charge is 2.18. The number of nitriles is 1. The molecule has 1 heterocycles. The lowest BCUT2D eigenvalue weighted by molar-refractivity contribution is -0.119. The molecule has 0 bridgehead atoms. The van der Waals surface area contributed by atoms with Crippen molar-refractivity contribution < 1.29 is 14.4 Å². The minimum atomic E-state index is -0.537. The summed E-state index contributed by atoms with van der Waals surface area (Å²) < 4.78 is 1.69. The lowest BCUT2D eigenvalue weighted by atomic mass is 10.1. The molecule has 0 unspecified atom stereocenters. The predicted octanol–water partition coefficient (Wildman–Crippen LogP) is 3.44. The number of anilines is 3. The average Bonchev–Trinajstić information content (AvgIpc) is 3.12. The Morgan fingerprint density at radius 1 is 1.15 bits per heavy atom. The van der Waals surface area contributed by atoms with E-state index in [1.165, 1.54) is 0 Å². The fourth-order valence-corrected chi connectivity index (χ4v) is 3.39. The van der Waals surface area contributed by atoms with Gasteiger partial charge in [-0.05, 0) is 48.4 Å². The third kappa shape index (κ3) is 5.89. The van der Waals surface area contributed by atoms with Crippen molar-refractivity contribution in [3.05, 3.63) is 48.0 Å². The number of hydrogen-bond donors (Lipinski definition) is 3. The first-order valence-corrected chi connectivity index (χ1v) is 10.8. The molecule has 0 radical (unpaired) electrons. The maximum Gasteiger partial charge on any atom is 0.326 e. The molecule has 3 aromatic rings. The van der Waals surface area contributed by atoms with Gasteiger partial charge in [-0.25, -0.2) is 9.78 Å². The van der Waals surface area contributed by atoms with Crippen LogP contribution in [-0.2, 0) is 16.1 Å². The predicted molar refractivity (Wildman–Crippen MR) is 130 cm³/mol. The minimum Gasteiger partial charge on any atom is -0.370 e. The Kier molecular flexibility index (Phi) is 7.48. The fourth-order valence-electron chi connectivity index (χ4n) is 3.39. The van der Waals surface area contributed by atoms with Crippen LogP contribution in [0.4, 0.5) is 22.1 Å². The largest absolute Gasteiger partial charge is 0.370 e. The Balaban J connectivity index is 1.87. The number of hydrogen-bond acceptors (Lipinski definition) is 5. The van der Waals surface area contributed by atoms with Crippen LogP contribution in [-0.4, -0.2) is 34.4 Å². The van der Waals surface area contributed by atoms with Crippen molar-refractivity contribution in [2.24, 2.45) is 11.7 Å². The van der Waals surface area contributed by atoms with Gasteiger partial charge in [0, 0.05) is 37.8 Å². The van der Waals surface area contributed by atoms with Gasteiger partial charge in [-0.1, -0.05) is 13.8 Å². The van der Waals surface area contributed by atoms with E-state index >= 15 is 0 Å². The summed E-state index contributed by atoms with van der Waals surface area (Å²) in [4.78, 5) is 42.5. The molecule has 34 heavy (non-hydrogen) atoms. The van der Waals surface area contributed by atoms with Gasteiger partial charge in [-0.15, -0.1) is 0 Å². The maximum absolute atomic E-state index is 12.6. The normalized spacial score (nSPS) is 10.7. The number of aromatic nitrogens is 2. The molecule has 10 heteroatoms. The molecule has 4 N–H and O–H groups in total. The van der Waals surface area contributed by atoms with Gasteiger partial charge in [0.25, 0.3) is 0 Å². The second-order valence-corrected chi connectivity index (χ2v) is 8.30. The molecule has 0 fully saturated rings. The first kappa shape index (κ1) is 24.3. The van der Waals surface area contributed by atoms with Crippen LogP contribution in [0.5, 0.6) is 0 Å². The lowest BCUT2D eigenvalue weighted by Crippen LogP contribution is -2.27. The second kappa shape index (κ2) is 10.5. The summed E-state index contributed by atoms with van der Waals surface area (Å²) >= 11 is 0. The molecule has 0 saturated heterocycles. The Labute approximate surface area is 197 Å². The number of nitrogens with one attached hydrogen (secondary N) is 2. The fraction of sp³-hybridized carbons (Fsp3) is 0.292. The molecule has 1 aromatic heterocycles. The number of urea groups is 1. The molecule has 3 rings (SSSR count). The number of fused-ring (bicyclic) bond motifs is 1. The monoisotopic (exact) mass is 461 g/mol. The van der Waals surface area contributed by atoms with E-state index in [0.717, 1.165) is 0 Å². The molecule has 2 aromatic carbocycles. The molecule has 4 amide bonds. The van der Waals surface area contributed by atoms with Crippen LogP contribution < -0.4 is 21.3 Å². The number of carbonyl (C=O) groups excluding carboxylic acids is 3. The van der Waals surface area contributed by atoms with E-state index in [2.05, 4.69) is 15.6 Å². The van der Waals surface area contributed by atoms with Gasteiger partial charge in [0.05, 0.1) is 22.7 Å². The number of rotatable bonds is 8. The van der Waals surface area contributed by atoms with Gasteiger partial charge in [-0.2, -0.15) is 5.26 Å². The molecule has 176 valence electrons. The van der Waals surface area contributed by atoms with Gasteiger partial charge in [0.2, 0.25) is 17.8 Å². The summed E-state index contributed by atoms with van der Waals surface area (Å²) in [7, 11) is 1.71. The van der Waals surface area contributed by atoms with E-state index in [1.54, 1.807) is 59.0 Å². The van der Waals surface area contributed by atoms with Crippen LogP contribution in [0.3, 0.4) is 0 Å². The third-order valence-electron chi connectivity index (χ3n) is 5.16. The number of amides is 4. The second-order valence-electron chi connectivity index (χ2n) is 8.30. The van der Waals surface area contributed by atoms with Crippen LogP contribution in [0.1, 0.15) is 32.3 Å². The van der Waals surface area contributed by atoms with E-state index in [9.17, 15) is 14.4 Å². The molecule has 0 spiro atoms. The van der Waals surface area contributed by atoms with Crippen molar-refractivity contribution in [3.8, 4) is 6.07 Å². The smallest absolute Gasteiger partial charge is 0.326 e. The van der Waals surface area contributed by atoms with Gasteiger partial charge in [0.15, 0.2) is 0 Å². The third-order valence-corrected chi connectivity index (χ3v) is 5.16. The molecule has 0 aliphatic carbocycles. The topological polar surface area (TPSA) is 146 Å². The zero-order valence-corrected chi connectivity index (χ0v) is 19.3. The van der Waals surface area contributed by atoms with E-state index < -0.39 is 11.9 Å². The molecular weight excluding hydrogens is 434 g/mol. The van der Waals surface area contributed by atoms with Crippen molar-refractivity contribution in [1.29, 1.82) is 5.26 Å². The van der Waals surface area contributed by atoms with Crippen LogP contribution in [0.15, 0.2) is 42.5 Å². The summed E-state index contributed by atoms with van der Waals surface area (Å²) in [5.41, 5.74) is 8.22. The van der Waals surface area contributed by atoms with E-state index in [0.29, 0.717) is 34.4 Å². The first-order valence-electron chi connectivity index (χ1n) is 10.8. The molecule has 0 aliphatic heterocycles. The number of primary amides is 1. The number of aryl methyl sites for hydroxylation is 1. The quantitative estimate of drug-likeness (QED) is 0.470. The van der Waals surface area contributed by atoms with Crippen molar-refractivity contribution in [2.75, 3.05) is 22.6 Å². The number of nitrogens with zero attached hydrogens (tertiary/aromatic N) is 4. The van der Waals surface area contributed by atoms with Gasteiger partial charge >= 0.3 is 6.03 Å². The van der Waals surface area contributed by atoms with Crippen molar-refractivity contribution in [3.63, 3.8) is 0 Å². The van der Waals surface area contributed by atoms with Crippen molar-refractivity contribution in [1.82, 2.24) is 9.55 Å². The standard InChI is InChI=1S/C24H27N7O3/c1-15(2)12-22(33)30(3)18-8-9-20-19(13-18)28-23(31(20)11-10-21(26)32)29-24(34)27-17-6-4-16(14-25)5-7-17/h4-9,13,15H,10-12H2,1-3H3,(H2,26,32)(H2,27,28,29,34). The van der Waals surface area contributed by atoms with Crippen LogP contribution in [0.25, 0.3) is 11.0 Å². The summed E-state index contributed by atoms with van der Waals surface area (Å²) in [6.07, 6.45) is 0.482.